The number of hydrogen-bond donors (Lipinski definition) is 3. The minimum Gasteiger partial charge on any atom is -0.383 e. The lowest BCUT2D eigenvalue weighted by Gasteiger charge is -2.01. The summed E-state index contributed by atoms with van der Waals surface area (Å²) in [6.45, 7) is 1.88. The number of aryl methyl sites for hydroxylation is 1. The minimum atomic E-state index is 0.169. The van der Waals surface area contributed by atoms with E-state index in [9.17, 15) is 0 Å². The predicted molar refractivity (Wildman–Crippen MR) is 53.2 cm³/mol. The Kier molecular flexibility index (Phi) is 1.81. The van der Waals surface area contributed by atoms with Gasteiger partial charge in [0.1, 0.15) is 5.82 Å². The lowest BCUT2D eigenvalue weighted by atomic mass is 10.2. The van der Waals surface area contributed by atoms with Gasteiger partial charge in [0.05, 0.1) is 17.0 Å². The Morgan fingerprint density at radius 3 is 2.71 bits per heavy atom. The van der Waals surface area contributed by atoms with E-state index in [1.165, 1.54) is 0 Å². The van der Waals surface area contributed by atoms with E-state index in [1.807, 2.05) is 13.0 Å². The zero-order valence-electron chi connectivity index (χ0n) is 7.65. The first kappa shape index (κ1) is 8.49. The highest BCUT2D eigenvalue weighted by atomic mass is 15.1. The third-order valence-electron chi connectivity index (χ3n) is 1.83. The summed E-state index contributed by atoms with van der Waals surface area (Å²) in [5.74, 6) is 0.517. The van der Waals surface area contributed by atoms with Crippen LogP contribution in [0.4, 0.5) is 11.8 Å². The van der Waals surface area contributed by atoms with Crippen LogP contribution in [-0.4, -0.2) is 20.2 Å². The van der Waals surface area contributed by atoms with Crippen molar-refractivity contribution in [3.63, 3.8) is 0 Å². The number of nitrogens with one attached hydrogen (secondary N) is 1. The van der Waals surface area contributed by atoms with E-state index in [-0.39, 0.29) is 5.95 Å². The molecule has 0 aromatic carbocycles. The van der Waals surface area contributed by atoms with E-state index in [4.69, 9.17) is 11.5 Å². The van der Waals surface area contributed by atoms with Gasteiger partial charge in [-0.05, 0) is 13.0 Å². The van der Waals surface area contributed by atoms with E-state index in [1.54, 1.807) is 6.20 Å². The Bertz CT molecular complexity index is 461. The van der Waals surface area contributed by atoms with E-state index < -0.39 is 0 Å². The van der Waals surface area contributed by atoms with Crippen LogP contribution >= 0.6 is 0 Å². The van der Waals surface area contributed by atoms with Crippen molar-refractivity contribution in [2.75, 3.05) is 11.5 Å². The molecule has 0 fully saturated rings. The lowest BCUT2D eigenvalue weighted by molar-refractivity contribution is 1.05. The molecule has 0 bridgehead atoms. The summed E-state index contributed by atoms with van der Waals surface area (Å²) in [7, 11) is 0. The molecule has 0 saturated heterocycles. The molecule has 0 radical (unpaired) electrons. The van der Waals surface area contributed by atoms with Gasteiger partial charge in [-0.3, -0.25) is 5.10 Å². The van der Waals surface area contributed by atoms with Crippen LogP contribution in [0.3, 0.4) is 0 Å². The molecule has 6 heteroatoms. The van der Waals surface area contributed by atoms with E-state index in [2.05, 4.69) is 20.2 Å². The van der Waals surface area contributed by atoms with Gasteiger partial charge in [-0.25, -0.2) is 4.98 Å². The highest BCUT2D eigenvalue weighted by molar-refractivity contribution is 5.70. The van der Waals surface area contributed by atoms with Crippen LogP contribution in [-0.2, 0) is 0 Å². The van der Waals surface area contributed by atoms with E-state index >= 15 is 0 Å². The first-order valence-corrected chi connectivity index (χ1v) is 4.07. The van der Waals surface area contributed by atoms with Crippen LogP contribution < -0.4 is 11.5 Å². The van der Waals surface area contributed by atoms with Crippen LogP contribution in [0, 0.1) is 6.92 Å². The first-order chi connectivity index (χ1) is 6.66. The second kappa shape index (κ2) is 2.99. The average molecular weight is 190 g/mol. The summed E-state index contributed by atoms with van der Waals surface area (Å²) >= 11 is 0. The zero-order valence-corrected chi connectivity index (χ0v) is 7.65. The van der Waals surface area contributed by atoms with Crippen molar-refractivity contribution < 1.29 is 0 Å². The molecule has 0 aliphatic rings. The van der Waals surface area contributed by atoms with E-state index in [0.717, 1.165) is 11.4 Å². The summed E-state index contributed by atoms with van der Waals surface area (Å²) < 4.78 is 0. The van der Waals surface area contributed by atoms with Crippen molar-refractivity contribution in [3.8, 4) is 11.3 Å². The summed E-state index contributed by atoms with van der Waals surface area (Å²) in [5, 5.41) is 6.82. The lowest BCUT2D eigenvalue weighted by Crippen LogP contribution is -2.01. The number of aromatic nitrogens is 4. The van der Waals surface area contributed by atoms with Gasteiger partial charge in [0, 0.05) is 6.20 Å². The molecular formula is C8H10N6. The van der Waals surface area contributed by atoms with Crippen molar-refractivity contribution in [3.05, 3.63) is 18.0 Å². The Morgan fingerprint density at radius 1 is 1.36 bits per heavy atom. The fourth-order valence-electron chi connectivity index (χ4n) is 1.18. The van der Waals surface area contributed by atoms with Crippen LogP contribution in [0.1, 0.15) is 5.69 Å². The van der Waals surface area contributed by atoms with Crippen molar-refractivity contribution in [2.45, 2.75) is 6.92 Å². The number of nitrogens with two attached hydrogens (primary N) is 2. The average Bonchev–Trinajstić information content (AvgIpc) is 2.51. The fourth-order valence-corrected chi connectivity index (χ4v) is 1.18. The molecule has 0 atom stereocenters. The number of anilines is 2. The topological polar surface area (TPSA) is 106 Å². The van der Waals surface area contributed by atoms with Crippen molar-refractivity contribution in [1.82, 2.24) is 20.2 Å². The third kappa shape index (κ3) is 1.37. The molecule has 6 nitrogen and oxygen atoms in total. The number of rotatable bonds is 1. The molecule has 2 aromatic heterocycles. The first-order valence-electron chi connectivity index (χ1n) is 4.07. The number of H-pyrrole nitrogens is 1. The van der Waals surface area contributed by atoms with Gasteiger partial charge in [-0.15, -0.1) is 0 Å². The Hall–Kier alpha value is -2.11. The molecule has 0 saturated carbocycles. The van der Waals surface area contributed by atoms with Crippen molar-refractivity contribution in [1.29, 1.82) is 0 Å². The SMILES string of the molecule is Cc1cc(-c2cnc(N)nc2N)[nH]n1. The zero-order chi connectivity index (χ0) is 10.1. The Morgan fingerprint density at radius 2 is 2.14 bits per heavy atom. The maximum Gasteiger partial charge on any atom is 0.221 e. The van der Waals surface area contributed by atoms with Gasteiger partial charge in [-0.1, -0.05) is 0 Å². The molecule has 2 rings (SSSR count). The Labute approximate surface area is 80.4 Å². The fraction of sp³-hybridized carbons (Fsp3) is 0.125. The monoisotopic (exact) mass is 190 g/mol. The van der Waals surface area contributed by atoms with Gasteiger partial charge >= 0.3 is 0 Å². The maximum atomic E-state index is 5.68. The van der Waals surface area contributed by atoms with Gasteiger partial charge in [0.25, 0.3) is 0 Å². The summed E-state index contributed by atoms with van der Waals surface area (Å²) in [5.41, 5.74) is 13.5. The molecule has 14 heavy (non-hydrogen) atoms. The van der Waals surface area contributed by atoms with Gasteiger partial charge in [0.2, 0.25) is 5.95 Å². The molecule has 5 N–H and O–H groups in total. The quantitative estimate of drug-likeness (QED) is 0.601. The molecular weight excluding hydrogens is 180 g/mol. The molecule has 0 spiro atoms. The number of nitrogen functional groups attached to an aromatic ring is 2. The minimum absolute atomic E-state index is 0.169. The second-order valence-electron chi connectivity index (χ2n) is 2.95. The summed E-state index contributed by atoms with van der Waals surface area (Å²) in [6.07, 6.45) is 1.57. The number of aromatic amines is 1. The molecule has 2 aromatic rings. The molecule has 0 aliphatic carbocycles. The summed E-state index contributed by atoms with van der Waals surface area (Å²) in [4.78, 5) is 7.72. The molecule has 2 heterocycles. The highest BCUT2D eigenvalue weighted by Crippen LogP contribution is 2.21. The van der Waals surface area contributed by atoms with Crippen LogP contribution in [0.25, 0.3) is 11.3 Å². The van der Waals surface area contributed by atoms with Gasteiger partial charge in [-0.2, -0.15) is 10.1 Å². The molecule has 0 aliphatic heterocycles. The van der Waals surface area contributed by atoms with E-state index in [0.29, 0.717) is 11.4 Å². The largest absolute Gasteiger partial charge is 0.383 e. The van der Waals surface area contributed by atoms with Crippen molar-refractivity contribution in [2.24, 2.45) is 0 Å². The van der Waals surface area contributed by atoms with Crippen LogP contribution in [0.15, 0.2) is 12.3 Å². The standard InChI is InChI=1S/C8H10N6/c1-4-2-6(14-13-4)5-3-11-8(10)12-7(5)9/h2-3H,1H3,(H,13,14)(H4,9,10,11,12). The Balaban J connectivity index is 2.52. The number of hydrogen-bond acceptors (Lipinski definition) is 5. The number of nitrogens with zero attached hydrogens (tertiary/aromatic N) is 3. The summed E-state index contributed by atoms with van der Waals surface area (Å²) in [6, 6.07) is 1.87. The third-order valence-corrected chi connectivity index (χ3v) is 1.83. The molecule has 72 valence electrons. The predicted octanol–water partition coefficient (Wildman–Crippen LogP) is 0.340. The van der Waals surface area contributed by atoms with Crippen LogP contribution in [0.5, 0.6) is 0 Å². The highest BCUT2D eigenvalue weighted by Gasteiger charge is 2.07. The molecule has 0 unspecified atom stereocenters. The second-order valence-corrected chi connectivity index (χ2v) is 2.95. The maximum absolute atomic E-state index is 5.68. The van der Waals surface area contributed by atoms with Gasteiger partial charge in [0.15, 0.2) is 0 Å². The normalized spacial score (nSPS) is 10.4. The molecule has 0 amide bonds. The van der Waals surface area contributed by atoms with Gasteiger partial charge < -0.3 is 11.5 Å². The van der Waals surface area contributed by atoms with Crippen LogP contribution in [0.2, 0.25) is 0 Å². The van der Waals surface area contributed by atoms with Crippen molar-refractivity contribution >= 4 is 11.8 Å². The smallest absolute Gasteiger partial charge is 0.221 e.